The Balaban J connectivity index is 1.99. The van der Waals surface area contributed by atoms with E-state index in [1.54, 1.807) is 0 Å². The highest BCUT2D eigenvalue weighted by Crippen LogP contribution is 2.61. The molecule has 74 valence electrons. The zero-order valence-electron chi connectivity index (χ0n) is 7.63. The Morgan fingerprint density at radius 1 is 1.46 bits per heavy atom. The van der Waals surface area contributed by atoms with Crippen LogP contribution in [0.3, 0.4) is 0 Å². The molecular weight excluding hydrogens is 171 g/mol. The van der Waals surface area contributed by atoms with Crippen molar-refractivity contribution >= 4 is 5.97 Å². The SMILES string of the molecule is O=C(O)C1(CCCF)CC2CC2C1. The van der Waals surface area contributed by atoms with Crippen molar-refractivity contribution in [3.05, 3.63) is 0 Å². The first-order valence-corrected chi connectivity index (χ1v) is 4.97. The molecule has 0 bridgehead atoms. The molecule has 0 saturated heterocycles. The summed E-state index contributed by atoms with van der Waals surface area (Å²) >= 11 is 0. The number of carbonyl (C=O) groups is 1. The summed E-state index contributed by atoms with van der Waals surface area (Å²) in [5, 5.41) is 9.11. The summed E-state index contributed by atoms with van der Waals surface area (Å²) in [6, 6.07) is 0. The minimum atomic E-state index is -0.701. The van der Waals surface area contributed by atoms with Crippen molar-refractivity contribution in [2.75, 3.05) is 6.67 Å². The van der Waals surface area contributed by atoms with E-state index < -0.39 is 11.4 Å². The van der Waals surface area contributed by atoms with Gasteiger partial charge in [-0.15, -0.1) is 0 Å². The smallest absolute Gasteiger partial charge is 0.309 e. The molecule has 2 rings (SSSR count). The van der Waals surface area contributed by atoms with E-state index >= 15 is 0 Å². The van der Waals surface area contributed by atoms with Crippen LogP contribution in [0.15, 0.2) is 0 Å². The van der Waals surface area contributed by atoms with Gasteiger partial charge < -0.3 is 5.11 Å². The summed E-state index contributed by atoms with van der Waals surface area (Å²) in [5.74, 6) is 0.597. The molecule has 2 atom stereocenters. The van der Waals surface area contributed by atoms with Gasteiger partial charge in [0.1, 0.15) is 0 Å². The fraction of sp³-hybridized carbons (Fsp3) is 0.900. The van der Waals surface area contributed by atoms with Crippen LogP contribution in [0.25, 0.3) is 0 Å². The molecule has 2 unspecified atom stereocenters. The van der Waals surface area contributed by atoms with Gasteiger partial charge in [-0.05, 0) is 43.9 Å². The number of alkyl halides is 1. The molecule has 0 aromatic carbocycles. The van der Waals surface area contributed by atoms with E-state index in [0.29, 0.717) is 24.7 Å². The Hall–Kier alpha value is -0.600. The monoisotopic (exact) mass is 186 g/mol. The number of carboxylic acids is 1. The molecule has 0 aliphatic heterocycles. The Morgan fingerprint density at radius 3 is 2.54 bits per heavy atom. The lowest BCUT2D eigenvalue weighted by Gasteiger charge is -2.25. The van der Waals surface area contributed by atoms with Crippen LogP contribution >= 0.6 is 0 Å². The van der Waals surface area contributed by atoms with Gasteiger partial charge in [0.25, 0.3) is 0 Å². The normalized spacial score (nSPS) is 41.6. The average Bonchev–Trinajstić information content (AvgIpc) is 2.71. The zero-order valence-corrected chi connectivity index (χ0v) is 7.63. The van der Waals surface area contributed by atoms with Gasteiger partial charge in [0, 0.05) is 0 Å². The van der Waals surface area contributed by atoms with Gasteiger partial charge >= 0.3 is 5.97 Å². The van der Waals surface area contributed by atoms with Crippen LogP contribution in [0.2, 0.25) is 0 Å². The summed E-state index contributed by atoms with van der Waals surface area (Å²) in [4.78, 5) is 11.1. The molecule has 1 N–H and O–H groups in total. The third-order valence-corrected chi connectivity index (χ3v) is 3.62. The van der Waals surface area contributed by atoms with E-state index in [1.807, 2.05) is 0 Å². The minimum Gasteiger partial charge on any atom is -0.481 e. The quantitative estimate of drug-likeness (QED) is 0.731. The lowest BCUT2D eigenvalue weighted by Crippen LogP contribution is -2.29. The van der Waals surface area contributed by atoms with E-state index in [-0.39, 0.29) is 6.67 Å². The van der Waals surface area contributed by atoms with Crippen molar-refractivity contribution in [2.45, 2.75) is 32.1 Å². The number of hydrogen-bond donors (Lipinski definition) is 1. The molecule has 0 radical (unpaired) electrons. The zero-order chi connectivity index (χ0) is 9.47. The second-order valence-electron chi connectivity index (χ2n) is 4.54. The predicted molar refractivity (Wildman–Crippen MR) is 46.1 cm³/mol. The van der Waals surface area contributed by atoms with Gasteiger partial charge in [-0.2, -0.15) is 0 Å². The fourth-order valence-corrected chi connectivity index (χ4v) is 2.79. The first kappa shape index (κ1) is 8.97. The molecule has 0 spiro atoms. The van der Waals surface area contributed by atoms with Crippen molar-refractivity contribution in [3.8, 4) is 0 Å². The van der Waals surface area contributed by atoms with Crippen molar-refractivity contribution in [2.24, 2.45) is 17.3 Å². The van der Waals surface area contributed by atoms with Gasteiger partial charge in [0.15, 0.2) is 0 Å². The second kappa shape index (κ2) is 2.96. The van der Waals surface area contributed by atoms with Crippen LogP contribution in [0, 0.1) is 17.3 Å². The summed E-state index contributed by atoms with van der Waals surface area (Å²) < 4.78 is 12.0. The molecule has 0 amide bonds. The maximum Gasteiger partial charge on any atom is 0.309 e. The molecule has 3 heteroatoms. The second-order valence-corrected chi connectivity index (χ2v) is 4.54. The van der Waals surface area contributed by atoms with Crippen molar-refractivity contribution in [3.63, 3.8) is 0 Å². The van der Waals surface area contributed by atoms with Gasteiger partial charge in [-0.3, -0.25) is 9.18 Å². The Bertz CT molecular complexity index is 217. The highest BCUT2D eigenvalue weighted by Gasteiger charge is 2.56. The van der Waals surface area contributed by atoms with Gasteiger partial charge in [-0.1, -0.05) is 0 Å². The van der Waals surface area contributed by atoms with Gasteiger partial charge in [0.05, 0.1) is 12.1 Å². The summed E-state index contributed by atoms with van der Waals surface area (Å²) in [7, 11) is 0. The van der Waals surface area contributed by atoms with E-state index in [0.717, 1.165) is 12.8 Å². The molecule has 13 heavy (non-hydrogen) atoms. The lowest BCUT2D eigenvalue weighted by molar-refractivity contribution is -0.149. The molecular formula is C10H15FO2. The summed E-state index contributed by atoms with van der Waals surface area (Å²) in [5.41, 5.74) is -0.556. The summed E-state index contributed by atoms with van der Waals surface area (Å²) in [6.07, 6.45) is 3.75. The number of fused-ring (bicyclic) bond motifs is 1. The lowest BCUT2D eigenvalue weighted by atomic mass is 9.79. The number of halogens is 1. The maximum absolute atomic E-state index is 12.0. The predicted octanol–water partition coefficient (Wildman–Crippen LogP) is 2.24. The van der Waals surface area contributed by atoms with Crippen LogP contribution < -0.4 is 0 Å². The topological polar surface area (TPSA) is 37.3 Å². The molecule has 2 aliphatic rings. The molecule has 0 aromatic heterocycles. The largest absolute Gasteiger partial charge is 0.481 e. The van der Waals surface area contributed by atoms with Crippen LogP contribution in [0.4, 0.5) is 4.39 Å². The number of hydrogen-bond acceptors (Lipinski definition) is 1. The Morgan fingerprint density at radius 2 is 2.08 bits per heavy atom. The summed E-state index contributed by atoms with van der Waals surface area (Å²) in [6.45, 7) is -0.385. The number of rotatable bonds is 4. The molecule has 2 aliphatic carbocycles. The first-order chi connectivity index (χ1) is 6.18. The average molecular weight is 186 g/mol. The standard InChI is InChI=1S/C10H15FO2/c11-3-1-2-10(9(12)13)5-7-4-8(7)6-10/h7-8H,1-6H2,(H,12,13). The molecule has 0 aromatic rings. The number of carboxylic acid groups (broad SMARTS) is 1. The first-order valence-electron chi connectivity index (χ1n) is 4.97. The Labute approximate surface area is 77.1 Å². The third kappa shape index (κ3) is 1.45. The van der Waals surface area contributed by atoms with Crippen LogP contribution in [0.5, 0.6) is 0 Å². The molecule has 2 nitrogen and oxygen atoms in total. The van der Waals surface area contributed by atoms with Crippen molar-refractivity contribution in [1.82, 2.24) is 0 Å². The maximum atomic E-state index is 12.0. The van der Waals surface area contributed by atoms with Crippen LogP contribution in [-0.2, 0) is 4.79 Å². The minimum absolute atomic E-state index is 0.385. The van der Waals surface area contributed by atoms with Gasteiger partial charge in [-0.25, -0.2) is 0 Å². The molecule has 2 fully saturated rings. The molecule has 0 heterocycles. The van der Waals surface area contributed by atoms with E-state index in [9.17, 15) is 9.18 Å². The van der Waals surface area contributed by atoms with Crippen molar-refractivity contribution in [1.29, 1.82) is 0 Å². The van der Waals surface area contributed by atoms with Crippen LogP contribution in [0.1, 0.15) is 32.1 Å². The van der Waals surface area contributed by atoms with E-state index in [1.165, 1.54) is 6.42 Å². The highest BCUT2D eigenvalue weighted by atomic mass is 19.1. The van der Waals surface area contributed by atoms with E-state index in [4.69, 9.17) is 5.11 Å². The van der Waals surface area contributed by atoms with Crippen LogP contribution in [-0.4, -0.2) is 17.8 Å². The van der Waals surface area contributed by atoms with Gasteiger partial charge in [0.2, 0.25) is 0 Å². The third-order valence-electron chi connectivity index (χ3n) is 3.62. The number of aliphatic carboxylic acids is 1. The fourth-order valence-electron chi connectivity index (χ4n) is 2.79. The Kier molecular flexibility index (Phi) is 2.05. The highest BCUT2D eigenvalue weighted by molar-refractivity contribution is 5.75. The van der Waals surface area contributed by atoms with E-state index in [2.05, 4.69) is 0 Å². The molecule has 2 saturated carbocycles. The van der Waals surface area contributed by atoms with Crippen molar-refractivity contribution < 1.29 is 14.3 Å².